The van der Waals surface area contributed by atoms with Crippen molar-refractivity contribution in [2.24, 2.45) is 0 Å². The van der Waals surface area contributed by atoms with Crippen LogP contribution in [0.1, 0.15) is 54.1 Å². The fraction of sp³-hybridized carbons (Fsp3) is 0.412. The van der Waals surface area contributed by atoms with E-state index < -0.39 is 0 Å². The molecule has 3 rings (SSSR count). The van der Waals surface area contributed by atoms with Crippen molar-refractivity contribution in [3.8, 4) is 11.3 Å². The normalized spacial score (nSPS) is 16.1. The second-order valence-corrected chi connectivity index (χ2v) is 6.64. The number of benzene rings is 1. The lowest BCUT2D eigenvalue weighted by atomic mass is 9.96. The number of halogens is 1. The van der Waals surface area contributed by atoms with E-state index in [0.29, 0.717) is 11.6 Å². The van der Waals surface area contributed by atoms with Gasteiger partial charge in [0.25, 0.3) is 0 Å². The summed E-state index contributed by atoms with van der Waals surface area (Å²) in [5.41, 5.74) is 3.64. The van der Waals surface area contributed by atoms with E-state index >= 15 is 0 Å². The van der Waals surface area contributed by atoms with Crippen molar-refractivity contribution in [2.75, 3.05) is 0 Å². The fourth-order valence-corrected chi connectivity index (χ4v) is 3.29. The summed E-state index contributed by atoms with van der Waals surface area (Å²) in [4.78, 5) is 11.4. The molecule has 1 aromatic heterocycles. The molecule has 1 aliphatic rings. The van der Waals surface area contributed by atoms with Crippen LogP contribution in [0.3, 0.4) is 0 Å². The lowest BCUT2D eigenvalue weighted by Gasteiger charge is -2.21. The molecule has 0 spiro atoms. The van der Waals surface area contributed by atoms with Crippen LogP contribution < -0.4 is 0 Å². The predicted octanol–water partition coefficient (Wildman–Crippen LogP) is 4.94. The van der Waals surface area contributed by atoms with E-state index in [2.05, 4.69) is 22.0 Å². The Morgan fingerprint density at radius 1 is 1.29 bits per heavy atom. The Morgan fingerprint density at radius 2 is 2.05 bits per heavy atom. The lowest BCUT2D eigenvalue weighted by Crippen LogP contribution is -2.13. The van der Waals surface area contributed by atoms with Crippen LogP contribution in [0.25, 0.3) is 11.3 Å². The summed E-state index contributed by atoms with van der Waals surface area (Å²) in [7, 11) is 0. The van der Waals surface area contributed by atoms with Crippen molar-refractivity contribution in [2.45, 2.75) is 45.1 Å². The van der Waals surface area contributed by atoms with Gasteiger partial charge in [0.05, 0.1) is 11.6 Å². The van der Waals surface area contributed by atoms with Crippen molar-refractivity contribution >= 4 is 22.2 Å². The van der Waals surface area contributed by atoms with Gasteiger partial charge in [-0.05, 0) is 37.5 Å². The molecule has 1 saturated carbocycles. The summed E-state index contributed by atoms with van der Waals surface area (Å²) in [6, 6.07) is 6.55. The van der Waals surface area contributed by atoms with E-state index in [9.17, 15) is 4.79 Å². The molecule has 0 radical (unpaired) electrons. The average molecular weight is 347 g/mol. The first-order valence-corrected chi connectivity index (χ1v) is 8.29. The summed E-state index contributed by atoms with van der Waals surface area (Å²) in [6.45, 7) is 2.05. The van der Waals surface area contributed by atoms with Crippen molar-refractivity contribution in [1.82, 2.24) is 9.78 Å². The second-order valence-electron chi connectivity index (χ2n) is 5.79. The first-order chi connectivity index (χ1) is 10.2. The van der Waals surface area contributed by atoms with Gasteiger partial charge in [0, 0.05) is 16.2 Å². The Balaban J connectivity index is 1.99. The van der Waals surface area contributed by atoms with Crippen LogP contribution in [-0.4, -0.2) is 16.1 Å². The maximum Gasteiger partial charge on any atom is 0.153 e. The van der Waals surface area contributed by atoms with Crippen LogP contribution in [0.2, 0.25) is 0 Å². The van der Waals surface area contributed by atoms with Crippen molar-refractivity contribution in [3.63, 3.8) is 0 Å². The van der Waals surface area contributed by atoms with E-state index in [4.69, 9.17) is 5.10 Å². The predicted molar refractivity (Wildman–Crippen MR) is 87.6 cm³/mol. The second kappa shape index (κ2) is 6.14. The van der Waals surface area contributed by atoms with Crippen molar-refractivity contribution in [3.05, 3.63) is 40.0 Å². The number of aryl methyl sites for hydroxylation is 1. The minimum Gasteiger partial charge on any atom is -0.298 e. The molecule has 1 fully saturated rings. The van der Waals surface area contributed by atoms with Gasteiger partial charge >= 0.3 is 0 Å². The molecule has 4 heteroatoms. The Bertz CT molecular complexity index is 657. The Hall–Kier alpha value is -1.42. The maximum absolute atomic E-state index is 11.4. The van der Waals surface area contributed by atoms with Gasteiger partial charge in [-0.2, -0.15) is 5.10 Å². The molecule has 0 unspecified atom stereocenters. The molecule has 0 N–H and O–H groups in total. The smallest absolute Gasteiger partial charge is 0.153 e. The highest BCUT2D eigenvalue weighted by Gasteiger charge is 2.19. The van der Waals surface area contributed by atoms with Crippen molar-refractivity contribution < 1.29 is 4.79 Å². The van der Waals surface area contributed by atoms with Gasteiger partial charge in [0.15, 0.2) is 6.29 Å². The molecule has 1 heterocycles. The van der Waals surface area contributed by atoms with Crippen LogP contribution in [-0.2, 0) is 0 Å². The minimum atomic E-state index is 0.447. The number of carbonyl (C=O) groups excluding carboxylic acids is 1. The zero-order chi connectivity index (χ0) is 14.8. The third-order valence-corrected chi connectivity index (χ3v) is 5.16. The third-order valence-electron chi connectivity index (χ3n) is 4.27. The molecular formula is C17H19BrN2O. The minimum absolute atomic E-state index is 0.447. The summed E-state index contributed by atoms with van der Waals surface area (Å²) < 4.78 is 3.08. The third kappa shape index (κ3) is 2.95. The van der Waals surface area contributed by atoms with E-state index in [0.717, 1.165) is 27.6 Å². The van der Waals surface area contributed by atoms with Crippen LogP contribution >= 0.6 is 15.9 Å². The SMILES string of the molecule is Cc1cc(-c2nn(C3CCCCC3)cc2C=O)ccc1Br. The molecule has 0 aliphatic heterocycles. The molecule has 0 bridgehead atoms. The molecule has 2 aromatic rings. The largest absolute Gasteiger partial charge is 0.298 e. The van der Waals surface area contributed by atoms with Gasteiger partial charge in [-0.3, -0.25) is 9.48 Å². The van der Waals surface area contributed by atoms with Crippen LogP contribution in [0.4, 0.5) is 0 Å². The standard InChI is InChI=1S/C17H19BrN2O/c1-12-9-13(7-8-16(12)18)17-14(11-21)10-20(19-17)15-5-3-2-4-6-15/h7-11,15H,2-6H2,1H3. The highest BCUT2D eigenvalue weighted by Crippen LogP contribution is 2.31. The molecule has 0 saturated heterocycles. The van der Waals surface area contributed by atoms with Gasteiger partial charge in [-0.15, -0.1) is 0 Å². The Morgan fingerprint density at radius 3 is 2.71 bits per heavy atom. The summed E-state index contributed by atoms with van der Waals surface area (Å²) >= 11 is 3.51. The van der Waals surface area contributed by atoms with Gasteiger partial charge in [-0.1, -0.05) is 41.3 Å². The van der Waals surface area contributed by atoms with Crippen LogP contribution in [0.5, 0.6) is 0 Å². The number of nitrogens with zero attached hydrogens (tertiary/aromatic N) is 2. The molecular weight excluding hydrogens is 328 g/mol. The summed E-state index contributed by atoms with van der Waals surface area (Å²) in [5.74, 6) is 0. The topological polar surface area (TPSA) is 34.9 Å². The van der Waals surface area contributed by atoms with Gasteiger partial charge < -0.3 is 0 Å². The first-order valence-electron chi connectivity index (χ1n) is 7.50. The first kappa shape index (κ1) is 14.5. The number of carbonyl (C=O) groups is 1. The van der Waals surface area contributed by atoms with Gasteiger partial charge in [0.1, 0.15) is 5.69 Å². The highest BCUT2D eigenvalue weighted by molar-refractivity contribution is 9.10. The number of hydrogen-bond donors (Lipinski definition) is 0. The molecule has 0 atom stereocenters. The van der Waals surface area contributed by atoms with Gasteiger partial charge in [-0.25, -0.2) is 0 Å². The quantitative estimate of drug-likeness (QED) is 0.737. The highest BCUT2D eigenvalue weighted by atomic mass is 79.9. The average Bonchev–Trinajstić information content (AvgIpc) is 2.95. The van der Waals surface area contributed by atoms with E-state index in [-0.39, 0.29) is 0 Å². The van der Waals surface area contributed by atoms with Crippen LogP contribution in [0.15, 0.2) is 28.9 Å². The molecule has 1 aromatic carbocycles. The fourth-order valence-electron chi connectivity index (χ4n) is 3.04. The van der Waals surface area contributed by atoms with E-state index in [1.807, 2.05) is 29.9 Å². The zero-order valence-electron chi connectivity index (χ0n) is 12.2. The molecule has 3 nitrogen and oxygen atoms in total. The monoisotopic (exact) mass is 346 g/mol. The molecule has 21 heavy (non-hydrogen) atoms. The van der Waals surface area contributed by atoms with Crippen LogP contribution in [0, 0.1) is 6.92 Å². The molecule has 0 amide bonds. The summed E-state index contributed by atoms with van der Waals surface area (Å²) in [5, 5.41) is 4.72. The number of hydrogen-bond acceptors (Lipinski definition) is 2. The number of aldehydes is 1. The Kier molecular flexibility index (Phi) is 4.24. The number of rotatable bonds is 3. The van der Waals surface area contributed by atoms with E-state index in [1.165, 1.54) is 32.1 Å². The van der Waals surface area contributed by atoms with Gasteiger partial charge in [0.2, 0.25) is 0 Å². The maximum atomic E-state index is 11.4. The van der Waals surface area contributed by atoms with Crippen molar-refractivity contribution in [1.29, 1.82) is 0 Å². The lowest BCUT2D eigenvalue weighted by molar-refractivity contribution is 0.112. The van der Waals surface area contributed by atoms with E-state index in [1.54, 1.807) is 0 Å². The number of aromatic nitrogens is 2. The molecule has 1 aliphatic carbocycles. The zero-order valence-corrected chi connectivity index (χ0v) is 13.8. The molecule has 110 valence electrons. The summed E-state index contributed by atoms with van der Waals surface area (Å²) in [6.07, 6.45) is 8.99. The Labute approximate surface area is 133 Å².